The Balaban J connectivity index is 2.20. The van der Waals surface area contributed by atoms with Crippen LogP contribution in [0.5, 0.6) is 0 Å². The van der Waals surface area contributed by atoms with E-state index in [-0.39, 0.29) is 11.9 Å². The fraction of sp³-hybridized carbons (Fsp3) is 0.857. The molecule has 58 valence electrons. The van der Waals surface area contributed by atoms with Crippen molar-refractivity contribution in [2.75, 3.05) is 0 Å². The van der Waals surface area contributed by atoms with E-state index in [2.05, 4.69) is 0 Å². The second-order valence-corrected chi connectivity index (χ2v) is 3.22. The van der Waals surface area contributed by atoms with E-state index in [1.54, 1.807) is 6.92 Å². The zero-order chi connectivity index (χ0) is 7.56. The predicted molar refractivity (Wildman–Crippen MR) is 38.7 cm³/mol. The first-order chi connectivity index (χ1) is 4.70. The summed E-state index contributed by atoms with van der Waals surface area (Å²) in [6.45, 7) is 1.65. The molecule has 0 aliphatic heterocycles. The average Bonchev–Trinajstić information content (AvgIpc) is 1.55. The number of alkyl halides is 1. The molecule has 1 aliphatic rings. The monoisotopic (exact) mass is 162 g/mol. The molecule has 1 aliphatic carbocycles. The minimum absolute atomic E-state index is 0.131. The molecule has 0 amide bonds. The summed E-state index contributed by atoms with van der Waals surface area (Å²) in [6, 6.07) is 0. The van der Waals surface area contributed by atoms with Gasteiger partial charge in [0, 0.05) is 0 Å². The molecular weight excluding hydrogens is 152 g/mol. The van der Waals surface area contributed by atoms with Gasteiger partial charge in [-0.1, -0.05) is 18.0 Å². The van der Waals surface area contributed by atoms with E-state index in [0.717, 1.165) is 19.3 Å². The molecular formula is C7H11ClO2. The van der Waals surface area contributed by atoms with Crippen molar-refractivity contribution in [3.05, 3.63) is 0 Å². The van der Waals surface area contributed by atoms with Gasteiger partial charge in [0.25, 0.3) is 0 Å². The van der Waals surface area contributed by atoms with Crippen molar-refractivity contribution in [2.24, 2.45) is 5.92 Å². The largest absolute Gasteiger partial charge is 0.446 e. The molecule has 0 aromatic rings. The van der Waals surface area contributed by atoms with E-state index in [0.29, 0.717) is 0 Å². The molecule has 0 spiro atoms. The lowest BCUT2D eigenvalue weighted by Gasteiger charge is -2.23. The number of carbonyl (C=O) groups excluding carboxylic acids is 1. The highest BCUT2D eigenvalue weighted by Crippen LogP contribution is 2.27. The number of hydrogen-bond donors (Lipinski definition) is 0. The van der Waals surface area contributed by atoms with Gasteiger partial charge < -0.3 is 4.74 Å². The second-order valence-electron chi connectivity index (χ2n) is 2.61. The molecule has 2 nitrogen and oxygen atoms in total. The normalized spacial score (nSPS) is 21.4. The van der Waals surface area contributed by atoms with Crippen LogP contribution in [0.15, 0.2) is 0 Å². The summed E-state index contributed by atoms with van der Waals surface area (Å²) in [5.41, 5.74) is -0.479. The van der Waals surface area contributed by atoms with Gasteiger partial charge in [0.1, 0.15) is 0 Å². The maximum atomic E-state index is 10.9. The van der Waals surface area contributed by atoms with Crippen molar-refractivity contribution in [3.8, 4) is 0 Å². The van der Waals surface area contributed by atoms with Gasteiger partial charge in [0.05, 0.1) is 5.92 Å². The van der Waals surface area contributed by atoms with Crippen molar-refractivity contribution < 1.29 is 9.53 Å². The number of rotatable bonds is 2. The van der Waals surface area contributed by atoms with E-state index < -0.39 is 5.56 Å². The standard InChI is InChI=1S/C7H11ClO2/c1-5(8)10-7(9)6-3-2-4-6/h5-6H,2-4H2,1H3. The first kappa shape index (κ1) is 7.86. The molecule has 10 heavy (non-hydrogen) atoms. The fourth-order valence-corrected chi connectivity index (χ4v) is 0.988. The Kier molecular flexibility index (Phi) is 2.55. The molecule has 0 bridgehead atoms. The van der Waals surface area contributed by atoms with Crippen LogP contribution in [-0.2, 0) is 9.53 Å². The zero-order valence-electron chi connectivity index (χ0n) is 5.97. The maximum Gasteiger partial charge on any atom is 0.310 e. The van der Waals surface area contributed by atoms with E-state index in [9.17, 15) is 4.79 Å². The Bertz CT molecular complexity index is 130. The van der Waals surface area contributed by atoms with Crippen molar-refractivity contribution in [2.45, 2.75) is 31.7 Å². The smallest absolute Gasteiger partial charge is 0.310 e. The molecule has 1 atom stereocenters. The summed E-state index contributed by atoms with van der Waals surface area (Å²) in [5.74, 6) is 0.00921. The highest BCUT2D eigenvalue weighted by atomic mass is 35.5. The van der Waals surface area contributed by atoms with E-state index in [1.165, 1.54) is 0 Å². The zero-order valence-corrected chi connectivity index (χ0v) is 6.73. The lowest BCUT2D eigenvalue weighted by Crippen LogP contribution is -2.25. The van der Waals surface area contributed by atoms with Crippen molar-refractivity contribution >= 4 is 17.6 Å². The Morgan fingerprint density at radius 1 is 1.70 bits per heavy atom. The first-order valence-electron chi connectivity index (χ1n) is 3.54. The Morgan fingerprint density at radius 2 is 2.30 bits per heavy atom. The topological polar surface area (TPSA) is 26.3 Å². The summed E-state index contributed by atoms with van der Waals surface area (Å²) in [6.07, 6.45) is 3.10. The number of esters is 1. The van der Waals surface area contributed by atoms with Gasteiger partial charge in [-0.05, 0) is 19.8 Å². The molecule has 3 heteroatoms. The predicted octanol–water partition coefficient (Wildman–Crippen LogP) is 1.91. The second kappa shape index (κ2) is 3.24. The Hall–Kier alpha value is -0.240. The third kappa shape index (κ3) is 1.87. The Labute approximate surface area is 65.5 Å². The minimum atomic E-state index is -0.479. The third-order valence-corrected chi connectivity index (χ3v) is 1.81. The van der Waals surface area contributed by atoms with E-state index >= 15 is 0 Å². The van der Waals surface area contributed by atoms with Crippen LogP contribution in [0.25, 0.3) is 0 Å². The lowest BCUT2D eigenvalue weighted by atomic mass is 9.86. The summed E-state index contributed by atoms with van der Waals surface area (Å²) in [4.78, 5) is 10.9. The molecule has 0 aromatic heterocycles. The van der Waals surface area contributed by atoms with Crippen LogP contribution in [0.4, 0.5) is 0 Å². The summed E-state index contributed by atoms with van der Waals surface area (Å²) in [7, 11) is 0. The molecule has 1 saturated carbocycles. The van der Waals surface area contributed by atoms with Crippen LogP contribution in [-0.4, -0.2) is 11.5 Å². The summed E-state index contributed by atoms with van der Waals surface area (Å²) < 4.78 is 4.78. The number of carbonyl (C=O) groups is 1. The van der Waals surface area contributed by atoms with Crippen LogP contribution in [0, 0.1) is 5.92 Å². The highest BCUT2D eigenvalue weighted by Gasteiger charge is 2.27. The molecule has 0 saturated heterocycles. The maximum absolute atomic E-state index is 10.9. The molecule has 0 heterocycles. The SMILES string of the molecule is CC(Cl)OC(=O)C1CCC1. The van der Waals surface area contributed by atoms with Crippen LogP contribution in [0.1, 0.15) is 26.2 Å². The van der Waals surface area contributed by atoms with Crippen LogP contribution < -0.4 is 0 Å². The number of halogens is 1. The van der Waals surface area contributed by atoms with E-state index in [4.69, 9.17) is 16.3 Å². The van der Waals surface area contributed by atoms with E-state index in [1.807, 2.05) is 0 Å². The minimum Gasteiger partial charge on any atom is -0.446 e. The van der Waals surface area contributed by atoms with Gasteiger partial charge in [0.15, 0.2) is 5.56 Å². The molecule has 1 unspecified atom stereocenters. The number of hydrogen-bond acceptors (Lipinski definition) is 2. The van der Waals surface area contributed by atoms with Gasteiger partial charge in [0.2, 0.25) is 0 Å². The molecule has 0 radical (unpaired) electrons. The molecule has 1 rings (SSSR count). The third-order valence-electron chi connectivity index (χ3n) is 1.72. The van der Waals surface area contributed by atoms with Crippen molar-refractivity contribution in [3.63, 3.8) is 0 Å². The van der Waals surface area contributed by atoms with Gasteiger partial charge in [-0.3, -0.25) is 4.79 Å². The Morgan fingerprint density at radius 3 is 2.60 bits per heavy atom. The fourth-order valence-electron chi connectivity index (χ4n) is 0.900. The molecule has 1 fully saturated rings. The van der Waals surface area contributed by atoms with Gasteiger partial charge >= 0.3 is 5.97 Å². The van der Waals surface area contributed by atoms with Crippen molar-refractivity contribution in [1.82, 2.24) is 0 Å². The highest BCUT2D eigenvalue weighted by molar-refractivity contribution is 6.19. The molecule has 0 N–H and O–H groups in total. The van der Waals surface area contributed by atoms with Crippen LogP contribution in [0.2, 0.25) is 0 Å². The van der Waals surface area contributed by atoms with Crippen LogP contribution in [0.3, 0.4) is 0 Å². The quantitative estimate of drug-likeness (QED) is 0.458. The van der Waals surface area contributed by atoms with Gasteiger partial charge in [-0.2, -0.15) is 0 Å². The first-order valence-corrected chi connectivity index (χ1v) is 3.98. The summed E-state index contributed by atoms with van der Waals surface area (Å²) >= 11 is 5.45. The van der Waals surface area contributed by atoms with Crippen LogP contribution >= 0.6 is 11.6 Å². The molecule has 0 aromatic carbocycles. The van der Waals surface area contributed by atoms with Crippen molar-refractivity contribution in [1.29, 1.82) is 0 Å². The lowest BCUT2D eigenvalue weighted by molar-refractivity contribution is -0.152. The van der Waals surface area contributed by atoms with Gasteiger partial charge in [-0.25, -0.2) is 0 Å². The average molecular weight is 163 g/mol. The number of ether oxygens (including phenoxy) is 1. The summed E-state index contributed by atoms with van der Waals surface area (Å²) in [5, 5.41) is 0. The van der Waals surface area contributed by atoms with Gasteiger partial charge in [-0.15, -0.1) is 0 Å².